The Morgan fingerprint density at radius 2 is 1.69 bits per heavy atom. The first kappa shape index (κ1) is 18.7. The van der Waals surface area contributed by atoms with Crippen molar-refractivity contribution in [3.05, 3.63) is 71.8 Å². The third kappa shape index (κ3) is 3.99. The third-order valence-corrected chi connectivity index (χ3v) is 5.83. The highest BCUT2D eigenvalue weighted by Crippen LogP contribution is 2.40. The summed E-state index contributed by atoms with van der Waals surface area (Å²) in [6, 6.07) is 21.5. The van der Waals surface area contributed by atoms with Crippen LogP contribution in [0.1, 0.15) is 43.9 Å². The summed E-state index contributed by atoms with van der Waals surface area (Å²) in [5, 5.41) is 0. The molecule has 1 aliphatic carbocycles. The highest BCUT2D eigenvalue weighted by atomic mass is 16.5. The molecular weight excluding hydrogens is 322 g/mol. The van der Waals surface area contributed by atoms with Crippen LogP contribution in [0.4, 0.5) is 0 Å². The van der Waals surface area contributed by atoms with Gasteiger partial charge in [0.25, 0.3) is 0 Å². The Labute approximate surface area is 157 Å². The van der Waals surface area contributed by atoms with E-state index >= 15 is 0 Å². The number of rotatable bonds is 6. The normalized spacial score (nSPS) is 23.8. The Kier molecular flexibility index (Phi) is 6.10. The highest BCUT2D eigenvalue weighted by Gasteiger charge is 2.43. The standard InChI is InChI=1S/C23H29NO2/c1-17-14-15-21(22(17)23(25)26-3)24(16-19-10-6-4-7-11-19)18(2)20-12-8-5-9-13-20/h4-13,17-18,21-22H,14-16H2,1-3H3/t17-,18+,21-,22+/m0/s1. The van der Waals surface area contributed by atoms with E-state index in [1.165, 1.54) is 18.2 Å². The molecule has 1 saturated carbocycles. The Hall–Kier alpha value is -2.13. The maximum atomic E-state index is 12.5. The molecule has 1 aliphatic rings. The summed E-state index contributed by atoms with van der Waals surface area (Å²) in [6.45, 7) is 5.26. The fourth-order valence-electron chi connectivity index (χ4n) is 4.33. The fourth-order valence-corrected chi connectivity index (χ4v) is 4.33. The van der Waals surface area contributed by atoms with Crippen LogP contribution in [-0.4, -0.2) is 24.0 Å². The van der Waals surface area contributed by atoms with Crippen molar-refractivity contribution in [1.82, 2.24) is 4.90 Å². The number of esters is 1. The Morgan fingerprint density at radius 1 is 1.08 bits per heavy atom. The largest absolute Gasteiger partial charge is 0.469 e. The lowest BCUT2D eigenvalue weighted by molar-refractivity contribution is -0.149. The lowest BCUT2D eigenvalue weighted by Gasteiger charge is -2.38. The molecule has 0 bridgehead atoms. The van der Waals surface area contributed by atoms with Gasteiger partial charge in [-0.25, -0.2) is 0 Å². The molecule has 0 heterocycles. The lowest BCUT2D eigenvalue weighted by Crippen LogP contribution is -2.43. The van der Waals surface area contributed by atoms with E-state index in [1.807, 2.05) is 12.1 Å². The van der Waals surface area contributed by atoms with Crippen LogP contribution in [0.15, 0.2) is 60.7 Å². The molecule has 4 atom stereocenters. The second-order valence-electron chi connectivity index (χ2n) is 7.42. The predicted octanol–water partition coefficient (Wildman–Crippen LogP) is 4.84. The minimum atomic E-state index is -0.0710. The summed E-state index contributed by atoms with van der Waals surface area (Å²) < 4.78 is 5.16. The first-order valence-corrected chi connectivity index (χ1v) is 9.54. The van der Waals surface area contributed by atoms with E-state index in [2.05, 4.69) is 67.3 Å². The Bertz CT molecular complexity index is 701. The van der Waals surface area contributed by atoms with Gasteiger partial charge in [0.15, 0.2) is 0 Å². The topological polar surface area (TPSA) is 29.5 Å². The van der Waals surface area contributed by atoms with Crippen LogP contribution in [0, 0.1) is 11.8 Å². The number of carbonyl (C=O) groups is 1. The Morgan fingerprint density at radius 3 is 2.31 bits per heavy atom. The summed E-state index contributed by atoms with van der Waals surface area (Å²) in [7, 11) is 1.51. The van der Waals surface area contributed by atoms with Gasteiger partial charge < -0.3 is 4.74 Å². The van der Waals surface area contributed by atoms with Crippen LogP contribution in [0.3, 0.4) is 0 Å². The van der Waals surface area contributed by atoms with Crippen molar-refractivity contribution in [3.63, 3.8) is 0 Å². The number of hydrogen-bond acceptors (Lipinski definition) is 3. The quantitative estimate of drug-likeness (QED) is 0.698. The van der Waals surface area contributed by atoms with Gasteiger partial charge in [-0.2, -0.15) is 0 Å². The van der Waals surface area contributed by atoms with Crippen LogP contribution >= 0.6 is 0 Å². The molecule has 0 saturated heterocycles. The van der Waals surface area contributed by atoms with Gasteiger partial charge in [0.05, 0.1) is 13.0 Å². The van der Waals surface area contributed by atoms with Crippen molar-refractivity contribution in [1.29, 1.82) is 0 Å². The predicted molar refractivity (Wildman–Crippen MR) is 105 cm³/mol. The monoisotopic (exact) mass is 351 g/mol. The van der Waals surface area contributed by atoms with Gasteiger partial charge in [0.1, 0.15) is 0 Å². The third-order valence-electron chi connectivity index (χ3n) is 5.83. The zero-order valence-corrected chi connectivity index (χ0v) is 16.0. The molecule has 0 aromatic heterocycles. The molecule has 0 spiro atoms. The van der Waals surface area contributed by atoms with Crippen molar-refractivity contribution < 1.29 is 9.53 Å². The van der Waals surface area contributed by atoms with Crippen LogP contribution in [0.2, 0.25) is 0 Å². The summed E-state index contributed by atoms with van der Waals surface area (Å²) in [5.74, 6) is 0.224. The van der Waals surface area contributed by atoms with Crippen LogP contribution in [-0.2, 0) is 16.1 Å². The second kappa shape index (κ2) is 8.50. The average Bonchev–Trinajstić information content (AvgIpc) is 3.07. The number of ether oxygens (including phenoxy) is 1. The van der Waals surface area contributed by atoms with Crippen molar-refractivity contribution in [2.75, 3.05) is 7.11 Å². The van der Waals surface area contributed by atoms with Gasteiger partial charge in [-0.3, -0.25) is 9.69 Å². The van der Waals surface area contributed by atoms with Gasteiger partial charge >= 0.3 is 5.97 Å². The highest BCUT2D eigenvalue weighted by molar-refractivity contribution is 5.74. The molecule has 2 aromatic rings. The van der Waals surface area contributed by atoms with E-state index in [0.717, 1.165) is 19.4 Å². The molecule has 0 unspecified atom stereocenters. The zero-order chi connectivity index (χ0) is 18.5. The molecule has 138 valence electrons. The minimum absolute atomic E-state index is 0.0603. The first-order chi connectivity index (χ1) is 12.6. The minimum Gasteiger partial charge on any atom is -0.469 e. The average molecular weight is 351 g/mol. The SMILES string of the molecule is COC(=O)[C@@H]1[C@@H](C)CC[C@@H]1N(Cc1ccccc1)[C@H](C)c1ccccc1. The fraction of sp³-hybridized carbons (Fsp3) is 0.435. The number of nitrogens with zero attached hydrogens (tertiary/aromatic N) is 1. The van der Waals surface area contributed by atoms with E-state index in [0.29, 0.717) is 5.92 Å². The molecule has 0 amide bonds. The lowest BCUT2D eigenvalue weighted by atomic mass is 9.92. The number of hydrogen-bond donors (Lipinski definition) is 0. The summed E-state index contributed by atoms with van der Waals surface area (Å²) in [5.41, 5.74) is 2.56. The van der Waals surface area contributed by atoms with E-state index in [9.17, 15) is 4.79 Å². The van der Waals surface area contributed by atoms with Crippen molar-refractivity contribution in [2.24, 2.45) is 11.8 Å². The molecule has 3 rings (SSSR count). The second-order valence-corrected chi connectivity index (χ2v) is 7.42. The van der Waals surface area contributed by atoms with Crippen molar-refractivity contribution in [2.45, 2.75) is 45.3 Å². The summed E-state index contributed by atoms with van der Waals surface area (Å²) in [4.78, 5) is 15.0. The van der Waals surface area contributed by atoms with E-state index in [4.69, 9.17) is 4.74 Å². The molecular formula is C23H29NO2. The van der Waals surface area contributed by atoms with E-state index in [-0.39, 0.29) is 24.0 Å². The molecule has 26 heavy (non-hydrogen) atoms. The molecule has 0 radical (unpaired) electrons. The summed E-state index contributed by atoms with van der Waals surface area (Å²) in [6.07, 6.45) is 2.10. The van der Waals surface area contributed by atoms with Crippen molar-refractivity contribution >= 4 is 5.97 Å². The molecule has 2 aromatic carbocycles. The van der Waals surface area contributed by atoms with Gasteiger partial charge in [-0.15, -0.1) is 0 Å². The smallest absolute Gasteiger partial charge is 0.310 e. The van der Waals surface area contributed by atoms with Gasteiger partial charge in [0.2, 0.25) is 0 Å². The van der Waals surface area contributed by atoms with Gasteiger partial charge in [-0.1, -0.05) is 67.6 Å². The van der Waals surface area contributed by atoms with Crippen LogP contribution in [0.5, 0.6) is 0 Å². The first-order valence-electron chi connectivity index (χ1n) is 9.54. The maximum Gasteiger partial charge on any atom is 0.310 e. The zero-order valence-electron chi connectivity index (χ0n) is 16.0. The molecule has 3 nitrogen and oxygen atoms in total. The maximum absolute atomic E-state index is 12.5. The number of benzene rings is 2. The molecule has 3 heteroatoms. The van der Waals surface area contributed by atoms with Gasteiger partial charge in [0, 0.05) is 18.6 Å². The van der Waals surface area contributed by atoms with Crippen LogP contribution < -0.4 is 0 Å². The summed E-state index contributed by atoms with van der Waals surface area (Å²) >= 11 is 0. The Balaban J connectivity index is 1.93. The van der Waals surface area contributed by atoms with Gasteiger partial charge in [-0.05, 0) is 36.8 Å². The van der Waals surface area contributed by atoms with E-state index in [1.54, 1.807) is 0 Å². The molecule has 1 fully saturated rings. The van der Waals surface area contributed by atoms with Crippen molar-refractivity contribution in [3.8, 4) is 0 Å². The number of carbonyl (C=O) groups excluding carboxylic acids is 1. The molecule has 0 N–H and O–H groups in total. The molecule has 0 aliphatic heterocycles. The van der Waals surface area contributed by atoms with E-state index < -0.39 is 0 Å². The van der Waals surface area contributed by atoms with Crippen LogP contribution in [0.25, 0.3) is 0 Å². The number of methoxy groups -OCH3 is 1.